The summed E-state index contributed by atoms with van der Waals surface area (Å²) in [7, 11) is 5.29. The molecule has 0 radical (unpaired) electrons. The number of fused-ring (bicyclic) bond motifs is 1. The summed E-state index contributed by atoms with van der Waals surface area (Å²) in [6, 6.07) is 12.0. The van der Waals surface area contributed by atoms with E-state index in [9.17, 15) is 19.7 Å². The lowest BCUT2D eigenvalue weighted by Crippen LogP contribution is -2.33. The Morgan fingerprint density at radius 2 is 1.97 bits per heavy atom. The number of carbonyl (C=O) groups is 2. The van der Waals surface area contributed by atoms with Crippen molar-refractivity contribution in [1.82, 2.24) is 10.2 Å². The van der Waals surface area contributed by atoms with Crippen LogP contribution in [0.25, 0.3) is 0 Å². The smallest absolute Gasteiger partial charge is 0.310 e. The second-order valence-electron chi connectivity index (χ2n) is 9.75. The highest BCUT2D eigenvalue weighted by atomic mass is 16.6. The molecule has 190 valence electrons. The Morgan fingerprint density at radius 3 is 2.69 bits per heavy atom. The first-order chi connectivity index (χ1) is 17.2. The lowest BCUT2D eigenvalue weighted by Gasteiger charge is -2.26. The molecule has 1 aliphatic carbocycles. The van der Waals surface area contributed by atoms with Crippen LogP contribution in [-0.2, 0) is 11.2 Å². The first kappa shape index (κ1) is 25.4. The Labute approximate surface area is 210 Å². The maximum absolute atomic E-state index is 13.6. The van der Waals surface area contributed by atoms with Gasteiger partial charge in [0.1, 0.15) is 0 Å². The highest BCUT2D eigenvalue weighted by Gasteiger charge is 2.39. The number of likely N-dealkylation sites (N-methyl/N-ethyl adjacent to an activating group) is 1. The van der Waals surface area contributed by atoms with Gasteiger partial charge in [-0.3, -0.25) is 19.7 Å². The number of hydrogen-bond acceptors (Lipinski definition) is 6. The van der Waals surface area contributed by atoms with Gasteiger partial charge in [0.2, 0.25) is 5.91 Å². The second kappa shape index (κ2) is 10.5. The van der Waals surface area contributed by atoms with E-state index < -0.39 is 4.92 Å². The van der Waals surface area contributed by atoms with Crippen LogP contribution in [0.1, 0.15) is 35.2 Å². The average Bonchev–Trinajstić information content (AvgIpc) is 3.20. The number of ether oxygens (including phenoxy) is 1. The molecular formula is C27H32N4O5. The van der Waals surface area contributed by atoms with E-state index >= 15 is 0 Å². The normalized spacial score (nSPS) is 19.0. The van der Waals surface area contributed by atoms with Gasteiger partial charge in [0, 0.05) is 48.6 Å². The van der Waals surface area contributed by atoms with Crippen LogP contribution in [0.3, 0.4) is 0 Å². The van der Waals surface area contributed by atoms with Crippen LogP contribution in [0.15, 0.2) is 54.1 Å². The Morgan fingerprint density at radius 1 is 1.19 bits per heavy atom. The summed E-state index contributed by atoms with van der Waals surface area (Å²) < 4.78 is 5.17. The van der Waals surface area contributed by atoms with Gasteiger partial charge in [0.05, 0.1) is 12.0 Å². The number of nitrogens with zero attached hydrogens (tertiary/aromatic N) is 3. The summed E-state index contributed by atoms with van der Waals surface area (Å²) in [5.41, 5.74) is 2.62. The minimum Gasteiger partial charge on any atom is -0.490 e. The van der Waals surface area contributed by atoms with Crippen molar-refractivity contribution in [3.63, 3.8) is 0 Å². The Bertz CT molecular complexity index is 1210. The summed E-state index contributed by atoms with van der Waals surface area (Å²) >= 11 is 0. The van der Waals surface area contributed by atoms with E-state index in [1.165, 1.54) is 25.3 Å². The standard InChI is InChI=1S/C27H32N4O5/c1-29(2)15-13-28-25(32)21-10-11-27(18-21)12-14-30(22-7-5-4-6-20(22)17-27)26(33)19-8-9-23(31(34)35)24(16-19)36-3/h4-9,16,18H,10-15,17H2,1-3H3,(H,28,32). The van der Waals surface area contributed by atoms with Gasteiger partial charge in [-0.25, -0.2) is 0 Å². The van der Waals surface area contributed by atoms with E-state index in [4.69, 9.17) is 4.74 Å². The van der Waals surface area contributed by atoms with Crippen molar-refractivity contribution in [2.45, 2.75) is 25.7 Å². The van der Waals surface area contributed by atoms with Gasteiger partial charge in [-0.15, -0.1) is 0 Å². The molecule has 1 atom stereocenters. The predicted octanol–water partition coefficient (Wildman–Crippen LogP) is 3.58. The highest BCUT2D eigenvalue weighted by molar-refractivity contribution is 6.07. The third-order valence-corrected chi connectivity index (χ3v) is 7.04. The number of nitrogens with one attached hydrogen (secondary N) is 1. The first-order valence-electron chi connectivity index (χ1n) is 12.1. The number of amides is 2. The predicted molar refractivity (Wildman–Crippen MR) is 137 cm³/mol. The molecule has 4 rings (SSSR count). The van der Waals surface area contributed by atoms with E-state index in [0.717, 1.165) is 36.2 Å². The van der Waals surface area contributed by atoms with Crippen molar-refractivity contribution in [2.24, 2.45) is 5.41 Å². The molecule has 0 aromatic heterocycles. The molecule has 0 fully saturated rings. The Balaban J connectivity index is 1.59. The maximum Gasteiger partial charge on any atom is 0.310 e. The van der Waals surface area contributed by atoms with Crippen molar-refractivity contribution < 1.29 is 19.2 Å². The van der Waals surface area contributed by atoms with E-state index in [0.29, 0.717) is 31.5 Å². The zero-order valence-corrected chi connectivity index (χ0v) is 21.0. The molecular weight excluding hydrogens is 460 g/mol. The number of allylic oxidation sites excluding steroid dienone is 1. The fourth-order valence-electron chi connectivity index (χ4n) is 5.09. The van der Waals surface area contributed by atoms with Crippen LogP contribution >= 0.6 is 0 Å². The minimum absolute atomic E-state index is 0.0165. The number of hydrogen-bond donors (Lipinski definition) is 1. The van der Waals surface area contributed by atoms with Gasteiger partial charge < -0.3 is 19.9 Å². The summed E-state index contributed by atoms with van der Waals surface area (Å²) in [6.45, 7) is 1.85. The topological polar surface area (TPSA) is 105 Å². The van der Waals surface area contributed by atoms with E-state index in [1.54, 1.807) is 4.90 Å². The van der Waals surface area contributed by atoms with Gasteiger partial charge in [-0.05, 0) is 62.9 Å². The lowest BCUT2D eigenvalue weighted by atomic mass is 9.79. The fraction of sp³-hybridized carbons (Fsp3) is 0.407. The van der Waals surface area contributed by atoms with Gasteiger partial charge in [-0.1, -0.05) is 24.3 Å². The number of nitro benzene ring substituents is 1. The number of anilines is 1. The van der Waals surface area contributed by atoms with Crippen LogP contribution in [0.4, 0.5) is 11.4 Å². The molecule has 0 bridgehead atoms. The molecule has 0 saturated carbocycles. The van der Waals surface area contributed by atoms with E-state index in [2.05, 4.69) is 11.4 Å². The zero-order chi connectivity index (χ0) is 25.9. The molecule has 1 unspecified atom stereocenters. The Kier molecular flexibility index (Phi) is 7.40. The number of nitro groups is 1. The summed E-state index contributed by atoms with van der Waals surface area (Å²) in [5, 5.41) is 14.3. The van der Waals surface area contributed by atoms with Gasteiger partial charge >= 0.3 is 5.69 Å². The third kappa shape index (κ3) is 5.26. The molecule has 2 aliphatic rings. The number of para-hydroxylation sites is 1. The van der Waals surface area contributed by atoms with Crippen LogP contribution in [0.5, 0.6) is 5.75 Å². The van der Waals surface area contributed by atoms with Crippen molar-refractivity contribution >= 4 is 23.2 Å². The van der Waals surface area contributed by atoms with Crippen LogP contribution < -0.4 is 15.0 Å². The number of rotatable bonds is 7. The van der Waals surface area contributed by atoms with E-state index in [1.807, 2.05) is 43.3 Å². The Hall–Kier alpha value is -3.72. The monoisotopic (exact) mass is 492 g/mol. The number of methoxy groups -OCH3 is 1. The molecule has 2 aromatic carbocycles. The van der Waals surface area contributed by atoms with Crippen LogP contribution in [0, 0.1) is 15.5 Å². The van der Waals surface area contributed by atoms with Crippen LogP contribution in [-0.4, -0.2) is 62.5 Å². The highest BCUT2D eigenvalue weighted by Crippen LogP contribution is 2.46. The molecule has 1 aliphatic heterocycles. The summed E-state index contributed by atoms with van der Waals surface area (Å²) in [5.74, 6) is -0.206. The molecule has 9 nitrogen and oxygen atoms in total. The van der Waals surface area contributed by atoms with Crippen molar-refractivity contribution in [3.8, 4) is 5.75 Å². The molecule has 36 heavy (non-hydrogen) atoms. The van der Waals surface area contributed by atoms with Crippen molar-refractivity contribution in [1.29, 1.82) is 0 Å². The van der Waals surface area contributed by atoms with Gasteiger partial charge in [0.25, 0.3) is 5.91 Å². The first-order valence-corrected chi connectivity index (χ1v) is 12.1. The molecule has 1 heterocycles. The summed E-state index contributed by atoms with van der Waals surface area (Å²) in [6.07, 6.45) is 5.14. The third-order valence-electron chi connectivity index (χ3n) is 7.04. The van der Waals surface area contributed by atoms with E-state index in [-0.39, 0.29) is 28.7 Å². The SMILES string of the molecule is COc1cc(C(=O)N2CCC3(C=C(C(=O)NCCN(C)C)CC3)Cc3ccccc32)ccc1[N+](=O)[O-]. The largest absolute Gasteiger partial charge is 0.490 e. The molecule has 2 amide bonds. The fourth-order valence-corrected chi connectivity index (χ4v) is 5.09. The molecule has 1 N–H and O–H groups in total. The molecule has 1 spiro atoms. The quantitative estimate of drug-likeness (QED) is 0.468. The van der Waals surface area contributed by atoms with Crippen LogP contribution in [0.2, 0.25) is 0 Å². The average molecular weight is 493 g/mol. The second-order valence-corrected chi connectivity index (χ2v) is 9.75. The molecule has 2 aromatic rings. The minimum atomic E-state index is -0.529. The zero-order valence-electron chi connectivity index (χ0n) is 21.0. The maximum atomic E-state index is 13.6. The number of benzene rings is 2. The van der Waals surface area contributed by atoms with Gasteiger partial charge in [0.15, 0.2) is 5.75 Å². The number of carbonyl (C=O) groups excluding carboxylic acids is 2. The van der Waals surface area contributed by atoms with Crippen molar-refractivity contribution in [2.75, 3.05) is 45.7 Å². The summed E-state index contributed by atoms with van der Waals surface area (Å²) in [4.78, 5) is 40.9. The van der Waals surface area contributed by atoms with Gasteiger partial charge in [-0.2, -0.15) is 0 Å². The van der Waals surface area contributed by atoms with Crippen molar-refractivity contribution in [3.05, 3.63) is 75.4 Å². The molecule has 9 heteroatoms. The molecule has 0 saturated heterocycles. The lowest BCUT2D eigenvalue weighted by molar-refractivity contribution is -0.385.